The van der Waals surface area contributed by atoms with Crippen LogP contribution < -0.4 is 15.8 Å². The molecule has 9 heteroatoms. The van der Waals surface area contributed by atoms with Crippen molar-refractivity contribution in [3.8, 4) is 0 Å². The van der Waals surface area contributed by atoms with E-state index < -0.39 is 22.8 Å². The van der Waals surface area contributed by atoms with Crippen LogP contribution in [0.25, 0.3) is 10.9 Å². The van der Waals surface area contributed by atoms with Crippen LogP contribution in [-0.4, -0.2) is 60.7 Å². The summed E-state index contributed by atoms with van der Waals surface area (Å²) >= 11 is 0. The second kappa shape index (κ2) is 6.01. The number of hydroxylamine groups is 3. The van der Waals surface area contributed by atoms with Crippen molar-refractivity contribution < 1.29 is 18.9 Å². The predicted octanol–water partition coefficient (Wildman–Crippen LogP) is 0.777. The molecule has 0 spiro atoms. The van der Waals surface area contributed by atoms with Crippen LogP contribution in [0.1, 0.15) is 10.4 Å². The molecule has 134 valence electrons. The lowest BCUT2D eigenvalue weighted by Gasteiger charge is -2.45. The monoisotopic (exact) mass is 350 g/mol. The van der Waals surface area contributed by atoms with E-state index in [1.165, 1.54) is 16.9 Å². The number of fused-ring (bicyclic) bond motifs is 1. The van der Waals surface area contributed by atoms with Gasteiger partial charge < -0.3 is 25.3 Å². The molecular formula is C16H19FN4O4. The van der Waals surface area contributed by atoms with Gasteiger partial charge in [-0.15, -0.1) is 0 Å². The number of nitrogens with zero attached hydrogens (tertiary/aromatic N) is 3. The quantitative estimate of drug-likeness (QED) is 0.627. The molecule has 1 aromatic heterocycles. The molecule has 0 saturated carbocycles. The molecule has 1 aliphatic rings. The highest BCUT2D eigenvalue weighted by Gasteiger charge is 2.25. The first-order chi connectivity index (χ1) is 11.7. The number of likely N-dealkylation sites (N-methyl/N-ethyl adjacent to an activating group) is 1. The Bertz CT molecular complexity index is 899. The molecule has 0 atom stereocenters. The number of carboxylic acid groups (broad SMARTS) is 1. The van der Waals surface area contributed by atoms with Crippen LogP contribution in [0, 0.1) is 11.0 Å². The van der Waals surface area contributed by atoms with Gasteiger partial charge >= 0.3 is 5.97 Å². The summed E-state index contributed by atoms with van der Waals surface area (Å²) in [5.41, 5.74) is 2.27. The molecule has 2 heterocycles. The van der Waals surface area contributed by atoms with Crippen molar-refractivity contribution >= 4 is 22.6 Å². The summed E-state index contributed by atoms with van der Waals surface area (Å²) < 4.78 is 15.6. The van der Waals surface area contributed by atoms with Crippen LogP contribution >= 0.6 is 0 Å². The fraction of sp³-hybridized carbons (Fsp3) is 0.375. The number of halogens is 1. The minimum absolute atomic E-state index is 0.0167. The van der Waals surface area contributed by atoms with Crippen molar-refractivity contribution in [2.75, 3.05) is 50.6 Å². The van der Waals surface area contributed by atoms with Crippen LogP contribution in [0.4, 0.5) is 10.1 Å². The summed E-state index contributed by atoms with van der Waals surface area (Å²) in [6, 6.07) is 2.57. The van der Waals surface area contributed by atoms with E-state index in [4.69, 9.17) is 5.11 Å². The summed E-state index contributed by atoms with van der Waals surface area (Å²) in [6.45, 7) is 1.49. The number of aromatic nitrogens is 1. The molecule has 0 amide bonds. The predicted molar refractivity (Wildman–Crippen MR) is 91.9 cm³/mol. The lowest BCUT2D eigenvalue weighted by molar-refractivity contribution is -0.861. The number of carbonyl (C=O) groups is 1. The summed E-state index contributed by atoms with van der Waals surface area (Å²) in [7, 11) is 3.15. The molecule has 1 saturated heterocycles. The van der Waals surface area contributed by atoms with E-state index in [2.05, 4.69) is 5.43 Å². The van der Waals surface area contributed by atoms with Crippen molar-refractivity contribution in [1.82, 2.24) is 4.68 Å². The largest absolute Gasteiger partial charge is 0.633 e. The lowest BCUT2D eigenvalue weighted by Crippen LogP contribution is -2.54. The average Bonchev–Trinajstić information content (AvgIpc) is 2.55. The van der Waals surface area contributed by atoms with Crippen LogP contribution in [0.2, 0.25) is 0 Å². The SMILES string of the molecule is CNn1cc(C(=O)O)c(=O)c2cc(F)c(N3CC[N+](C)([O-])CC3)cc21. The van der Waals surface area contributed by atoms with E-state index in [-0.39, 0.29) is 10.0 Å². The Hall–Kier alpha value is -2.65. The van der Waals surface area contributed by atoms with Gasteiger partial charge in [0, 0.05) is 13.2 Å². The maximum Gasteiger partial charge on any atom is 0.341 e. The molecule has 0 aliphatic carbocycles. The molecule has 2 N–H and O–H groups in total. The highest BCUT2D eigenvalue weighted by molar-refractivity contribution is 5.93. The maximum atomic E-state index is 14.6. The Morgan fingerprint density at radius 3 is 2.56 bits per heavy atom. The van der Waals surface area contributed by atoms with Gasteiger partial charge in [0.2, 0.25) is 5.43 Å². The summed E-state index contributed by atoms with van der Waals surface area (Å²) in [5, 5.41) is 21.1. The smallest absolute Gasteiger partial charge is 0.341 e. The molecule has 1 aliphatic heterocycles. The van der Waals surface area contributed by atoms with E-state index in [0.717, 1.165) is 6.07 Å². The summed E-state index contributed by atoms with van der Waals surface area (Å²) in [4.78, 5) is 25.3. The number of nitrogens with one attached hydrogen (secondary N) is 1. The second-order valence-corrected chi connectivity index (χ2v) is 6.32. The van der Waals surface area contributed by atoms with Crippen LogP contribution in [0.5, 0.6) is 0 Å². The van der Waals surface area contributed by atoms with Gasteiger partial charge in [-0.25, -0.2) is 9.18 Å². The van der Waals surface area contributed by atoms with Crippen molar-refractivity contribution in [3.05, 3.63) is 45.1 Å². The number of aromatic carboxylic acids is 1. The first kappa shape index (κ1) is 17.2. The number of hydrogen-bond acceptors (Lipinski definition) is 5. The third kappa shape index (κ3) is 3.03. The molecular weight excluding hydrogens is 331 g/mol. The normalized spacial score (nSPS) is 16.9. The van der Waals surface area contributed by atoms with Crippen molar-refractivity contribution in [2.24, 2.45) is 0 Å². The Morgan fingerprint density at radius 1 is 1.36 bits per heavy atom. The van der Waals surface area contributed by atoms with E-state index in [0.29, 0.717) is 37.4 Å². The zero-order valence-electron chi connectivity index (χ0n) is 14.0. The minimum Gasteiger partial charge on any atom is -0.633 e. The van der Waals surface area contributed by atoms with Crippen molar-refractivity contribution in [2.45, 2.75) is 0 Å². The molecule has 8 nitrogen and oxygen atoms in total. The van der Waals surface area contributed by atoms with E-state index in [9.17, 15) is 19.2 Å². The number of anilines is 1. The number of quaternary nitrogens is 1. The fourth-order valence-corrected chi connectivity index (χ4v) is 3.04. The molecule has 3 rings (SSSR count). The van der Waals surface area contributed by atoms with E-state index in [1.54, 1.807) is 19.0 Å². The van der Waals surface area contributed by atoms with E-state index in [1.807, 2.05) is 0 Å². The summed E-state index contributed by atoms with van der Waals surface area (Å²) in [5.74, 6) is -1.99. The van der Waals surface area contributed by atoms with Crippen LogP contribution in [-0.2, 0) is 0 Å². The third-order valence-corrected chi connectivity index (χ3v) is 4.57. The van der Waals surface area contributed by atoms with Gasteiger partial charge in [-0.1, -0.05) is 0 Å². The average molecular weight is 350 g/mol. The van der Waals surface area contributed by atoms with Crippen LogP contribution in [0.15, 0.2) is 23.1 Å². The van der Waals surface area contributed by atoms with Gasteiger partial charge in [-0.05, 0) is 12.1 Å². The molecule has 1 aromatic carbocycles. The van der Waals surface area contributed by atoms with Gasteiger partial charge in [0.05, 0.1) is 49.8 Å². The topological polar surface area (TPSA) is 97.6 Å². The maximum absolute atomic E-state index is 14.6. The molecule has 0 unspecified atom stereocenters. The lowest BCUT2D eigenvalue weighted by atomic mass is 10.1. The van der Waals surface area contributed by atoms with Crippen molar-refractivity contribution in [1.29, 1.82) is 0 Å². The first-order valence-corrected chi connectivity index (χ1v) is 7.84. The number of carboxylic acids is 1. The zero-order chi connectivity index (χ0) is 18.4. The molecule has 0 radical (unpaired) electrons. The molecule has 2 aromatic rings. The number of benzene rings is 1. The number of hydrogen-bond donors (Lipinski definition) is 2. The second-order valence-electron chi connectivity index (χ2n) is 6.32. The van der Waals surface area contributed by atoms with Crippen molar-refractivity contribution in [3.63, 3.8) is 0 Å². The molecule has 0 bridgehead atoms. The standard InChI is InChI=1S/C16H19FN4O4/c1-18-20-9-11(16(23)24)15(22)10-7-12(17)14(8-13(10)20)19-3-5-21(2,25)6-4-19/h7-9,18H,3-6H2,1-2H3,(H,23,24). The number of pyridine rings is 1. The first-order valence-electron chi connectivity index (χ1n) is 7.84. The van der Waals surface area contributed by atoms with Gasteiger partial charge in [-0.3, -0.25) is 9.47 Å². The van der Waals surface area contributed by atoms with Gasteiger partial charge in [-0.2, -0.15) is 0 Å². The van der Waals surface area contributed by atoms with Gasteiger partial charge in [0.15, 0.2) is 0 Å². The number of rotatable bonds is 3. The minimum atomic E-state index is -1.37. The highest BCUT2D eigenvalue weighted by Crippen LogP contribution is 2.26. The number of piperazine rings is 1. The van der Waals surface area contributed by atoms with E-state index >= 15 is 0 Å². The Labute approximate surface area is 142 Å². The zero-order valence-corrected chi connectivity index (χ0v) is 14.0. The third-order valence-electron chi connectivity index (χ3n) is 4.57. The highest BCUT2D eigenvalue weighted by atomic mass is 19.1. The van der Waals surface area contributed by atoms with Gasteiger partial charge in [0.25, 0.3) is 0 Å². The Morgan fingerprint density at radius 2 is 2.00 bits per heavy atom. The Balaban J connectivity index is 2.15. The molecule has 25 heavy (non-hydrogen) atoms. The van der Waals surface area contributed by atoms with Gasteiger partial charge in [0.1, 0.15) is 11.4 Å². The molecule has 1 fully saturated rings. The Kier molecular flexibility index (Phi) is 4.13. The summed E-state index contributed by atoms with van der Waals surface area (Å²) in [6.07, 6.45) is 1.18. The fourth-order valence-electron chi connectivity index (χ4n) is 3.04. The van der Waals surface area contributed by atoms with Crippen LogP contribution in [0.3, 0.4) is 0 Å².